The summed E-state index contributed by atoms with van der Waals surface area (Å²) in [5.74, 6) is 0.970. The maximum absolute atomic E-state index is 9.59. The van der Waals surface area contributed by atoms with Gasteiger partial charge in [0.2, 0.25) is 0 Å². The number of rotatable bonds is 5. The summed E-state index contributed by atoms with van der Waals surface area (Å²) in [5, 5.41) is 24.5. The first-order valence-electron chi connectivity index (χ1n) is 6.36. The van der Waals surface area contributed by atoms with Crippen molar-refractivity contribution in [3.8, 4) is 0 Å². The third kappa shape index (κ3) is 4.16. The highest BCUT2D eigenvalue weighted by atomic mass is 16.4. The van der Waals surface area contributed by atoms with E-state index in [1.54, 1.807) is 0 Å². The Balaban J connectivity index is 2.51. The molecule has 0 aromatic carbocycles. The molecule has 1 fully saturated rings. The molecule has 0 aromatic heterocycles. The first-order chi connectivity index (χ1) is 8.01. The fourth-order valence-electron chi connectivity index (χ4n) is 2.59. The van der Waals surface area contributed by atoms with Crippen LogP contribution in [0.5, 0.6) is 0 Å². The number of hydrogen-bond acceptors (Lipinski definition) is 4. The van der Waals surface area contributed by atoms with Crippen molar-refractivity contribution in [2.45, 2.75) is 57.5 Å². The first kappa shape index (κ1) is 14.3. The van der Waals surface area contributed by atoms with Crippen LogP contribution in [0.15, 0.2) is 5.16 Å². The lowest BCUT2D eigenvalue weighted by atomic mass is 9.77. The normalized spacial score (nSPS) is 32.4. The molecular weight excluding hydrogens is 218 g/mol. The van der Waals surface area contributed by atoms with E-state index in [1.807, 2.05) is 6.92 Å². The summed E-state index contributed by atoms with van der Waals surface area (Å²) in [6.07, 6.45) is 4.76. The van der Waals surface area contributed by atoms with Crippen LogP contribution in [0.25, 0.3) is 0 Å². The predicted molar refractivity (Wildman–Crippen MR) is 68.1 cm³/mol. The zero-order valence-corrected chi connectivity index (χ0v) is 10.8. The van der Waals surface area contributed by atoms with E-state index in [0.29, 0.717) is 6.42 Å². The van der Waals surface area contributed by atoms with E-state index in [2.05, 4.69) is 17.4 Å². The van der Waals surface area contributed by atoms with E-state index in [9.17, 15) is 5.11 Å². The van der Waals surface area contributed by atoms with Crippen LogP contribution in [0, 0.1) is 5.92 Å². The third-order valence-corrected chi connectivity index (χ3v) is 3.73. The topological polar surface area (TPSA) is 90.9 Å². The monoisotopic (exact) mass is 243 g/mol. The minimum Gasteiger partial charge on any atom is -0.409 e. The van der Waals surface area contributed by atoms with Crippen LogP contribution in [0.2, 0.25) is 0 Å². The van der Waals surface area contributed by atoms with Gasteiger partial charge in [-0.25, -0.2) is 0 Å². The molecule has 17 heavy (non-hydrogen) atoms. The summed E-state index contributed by atoms with van der Waals surface area (Å²) < 4.78 is 0. The maximum atomic E-state index is 9.59. The van der Waals surface area contributed by atoms with Crippen LogP contribution in [-0.4, -0.2) is 34.3 Å². The maximum Gasteiger partial charge on any atom is 0.140 e. The van der Waals surface area contributed by atoms with Gasteiger partial charge >= 0.3 is 0 Å². The third-order valence-electron chi connectivity index (χ3n) is 3.73. The Morgan fingerprint density at radius 3 is 2.59 bits per heavy atom. The van der Waals surface area contributed by atoms with Gasteiger partial charge in [0.15, 0.2) is 0 Å². The zero-order chi connectivity index (χ0) is 12.9. The minimum atomic E-state index is -0.179. The summed E-state index contributed by atoms with van der Waals surface area (Å²) in [6.45, 7) is 4.40. The lowest BCUT2D eigenvalue weighted by Gasteiger charge is -2.41. The molecule has 0 spiro atoms. The molecule has 1 aliphatic carbocycles. The first-order valence-corrected chi connectivity index (χ1v) is 6.36. The van der Waals surface area contributed by atoms with E-state index in [-0.39, 0.29) is 24.0 Å². The Morgan fingerprint density at radius 1 is 1.53 bits per heavy atom. The Kier molecular flexibility index (Phi) is 5.21. The van der Waals surface area contributed by atoms with Crippen molar-refractivity contribution >= 4 is 5.84 Å². The molecular formula is C12H25N3O2. The lowest BCUT2D eigenvalue weighted by Crippen LogP contribution is -2.54. The Hall–Kier alpha value is -0.810. The summed E-state index contributed by atoms with van der Waals surface area (Å²) in [4.78, 5) is 0. The highest BCUT2D eigenvalue weighted by molar-refractivity contribution is 5.80. The van der Waals surface area contributed by atoms with Gasteiger partial charge in [-0.05, 0) is 38.5 Å². The molecule has 1 atom stereocenters. The molecule has 100 valence electrons. The molecule has 5 N–H and O–H groups in total. The van der Waals surface area contributed by atoms with E-state index >= 15 is 0 Å². The molecule has 0 aliphatic heterocycles. The van der Waals surface area contributed by atoms with Crippen LogP contribution in [0.3, 0.4) is 0 Å². The number of nitrogens with one attached hydrogen (secondary N) is 1. The second-order valence-electron chi connectivity index (χ2n) is 5.46. The summed E-state index contributed by atoms with van der Waals surface area (Å²) in [7, 11) is 0. The van der Waals surface area contributed by atoms with Gasteiger partial charge < -0.3 is 21.4 Å². The van der Waals surface area contributed by atoms with Crippen molar-refractivity contribution in [1.82, 2.24) is 5.32 Å². The van der Waals surface area contributed by atoms with Crippen molar-refractivity contribution in [2.24, 2.45) is 16.8 Å². The Morgan fingerprint density at radius 2 is 2.12 bits per heavy atom. The Bertz CT molecular complexity index is 260. The molecule has 1 unspecified atom stereocenters. The molecule has 5 nitrogen and oxygen atoms in total. The molecule has 0 amide bonds. The van der Waals surface area contributed by atoms with Crippen LogP contribution in [0.4, 0.5) is 0 Å². The van der Waals surface area contributed by atoms with Gasteiger partial charge in [-0.1, -0.05) is 12.1 Å². The second-order valence-corrected chi connectivity index (χ2v) is 5.46. The number of nitrogens with zero attached hydrogens (tertiary/aromatic N) is 1. The van der Waals surface area contributed by atoms with Gasteiger partial charge in [0.25, 0.3) is 0 Å². The molecule has 0 saturated heterocycles. The van der Waals surface area contributed by atoms with Crippen LogP contribution < -0.4 is 11.1 Å². The van der Waals surface area contributed by atoms with Crippen molar-refractivity contribution < 1.29 is 10.3 Å². The van der Waals surface area contributed by atoms with Gasteiger partial charge in [-0.15, -0.1) is 0 Å². The quantitative estimate of drug-likeness (QED) is 0.251. The number of oxime groups is 1. The van der Waals surface area contributed by atoms with Crippen LogP contribution in [0.1, 0.15) is 46.0 Å². The molecule has 0 aromatic rings. The molecule has 0 radical (unpaired) electrons. The van der Waals surface area contributed by atoms with E-state index in [4.69, 9.17) is 10.9 Å². The standard InChI is InChI=1S/C12H25N3O2/c1-9-3-5-12(8-16,6-4-9)14-10(2)7-11(13)15-17/h9-10,14,16-17H,3-8H2,1-2H3,(H2,13,15). The fourth-order valence-corrected chi connectivity index (χ4v) is 2.59. The van der Waals surface area contributed by atoms with Crippen molar-refractivity contribution in [2.75, 3.05) is 6.61 Å². The van der Waals surface area contributed by atoms with E-state index in [0.717, 1.165) is 31.6 Å². The van der Waals surface area contributed by atoms with Gasteiger partial charge in [0.05, 0.1) is 6.61 Å². The van der Waals surface area contributed by atoms with E-state index < -0.39 is 0 Å². The number of hydrogen-bond donors (Lipinski definition) is 4. The van der Waals surface area contributed by atoms with Crippen LogP contribution >= 0.6 is 0 Å². The molecule has 1 rings (SSSR count). The van der Waals surface area contributed by atoms with Gasteiger partial charge in [0, 0.05) is 18.0 Å². The van der Waals surface area contributed by atoms with Crippen LogP contribution in [-0.2, 0) is 0 Å². The number of aliphatic hydroxyl groups excluding tert-OH is 1. The molecule has 0 bridgehead atoms. The minimum absolute atomic E-state index is 0.103. The predicted octanol–water partition coefficient (Wildman–Crippen LogP) is 1.04. The number of amidine groups is 1. The smallest absolute Gasteiger partial charge is 0.140 e. The van der Waals surface area contributed by atoms with Crippen molar-refractivity contribution in [3.05, 3.63) is 0 Å². The van der Waals surface area contributed by atoms with Crippen molar-refractivity contribution in [3.63, 3.8) is 0 Å². The molecule has 1 aliphatic rings. The van der Waals surface area contributed by atoms with Gasteiger partial charge in [-0.3, -0.25) is 0 Å². The summed E-state index contributed by atoms with van der Waals surface area (Å²) >= 11 is 0. The van der Waals surface area contributed by atoms with Gasteiger partial charge in [0.1, 0.15) is 5.84 Å². The highest BCUT2D eigenvalue weighted by Gasteiger charge is 2.34. The summed E-state index contributed by atoms with van der Waals surface area (Å²) in [6, 6.07) is 0.103. The van der Waals surface area contributed by atoms with Gasteiger partial charge in [-0.2, -0.15) is 0 Å². The SMILES string of the molecule is CC1CCC(CO)(NC(C)C/C(N)=N/O)CC1. The van der Waals surface area contributed by atoms with Crippen molar-refractivity contribution in [1.29, 1.82) is 0 Å². The fraction of sp³-hybridized carbons (Fsp3) is 0.917. The Labute approximate surface area is 103 Å². The van der Waals surface area contributed by atoms with E-state index in [1.165, 1.54) is 0 Å². The summed E-state index contributed by atoms with van der Waals surface area (Å²) in [5.41, 5.74) is 5.30. The number of nitrogens with two attached hydrogens (primary N) is 1. The average Bonchev–Trinajstić information content (AvgIpc) is 2.32. The molecule has 5 heteroatoms. The highest BCUT2D eigenvalue weighted by Crippen LogP contribution is 2.32. The largest absolute Gasteiger partial charge is 0.409 e. The average molecular weight is 243 g/mol. The lowest BCUT2D eigenvalue weighted by molar-refractivity contribution is 0.0967. The molecule has 0 heterocycles. The number of aliphatic hydroxyl groups is 1. The molecule has 1 saturated carbocycles. The second kappa shape index (κ2) is 6.21. The zero-order valence-electron chi connectivity index (χ0n) is 10.8.